The largest absolute Gasteiger partial charge is 0.476 e. The van der Waals surface area contributed by atoms with Gasteiger partial charge in [0.1, 0.15) is 19.0 Å². The van der Waals surface area contributed by atoms with Crippen LogP contribution in [0.4, 0.5) is 16.4 Å². The molecule has 11 heteroatoms. The molecule has 0 aliphatic carbocycles. The van der Waals surface area contributed by atoms with Gasteiger partial charge in [0.15, 0.2) is 5.82 Å². The highest BCUT2D eigenvalue weighted by Gasteiger charge is 2.30. The van der Waals surface area contributed by atoms with Gasteiger partial charge in [-0.1, -0.05) is 37.3 Å². The van der Waals surface area contributed by atoms with Crippen LogP contribution in [0.25, 0.3) is 0 Å². The monoisotopic (exact) mass is 531 g/mol. The van der Waals surface area contributed by atoms with E-state index < -0.39 is 6.09 Å². The van der Waals surface area contributed by atoms with Crippen molar-refractivity contribution in [2.75, 3.05) is 49.1 Å². The van der Waals surface area contributed by atoms with E-state index in [9.17, 15) is 9.59 Å². The van der Waals surface area contributed by atoms with Gasteiger partial charge in [0.05, 0.1) is 37.1 Å². The summed E-state index contributed by atoms with van der Waals surface area (Å²) in [6, 6.07) is 9.44. The Morgan fingerprint density at radius 2 is 1.69 bits per heavy atom. The quantitative estimate of drug-likeness (QED) is 0.432. The molecule has 204 valence electrons. The van der Waals surface area contributed by atoms with Crippen LogP contribution in [0.15, 0.2) is 55.1 Å². The van der Waals surface area contributed by atoms with E-state index in [-0.39, 0.29) is 19.1 Å². The van der Waals surface area contributed by atoms with Crippen LogP contribution in [0.2, 0.25) is 0 Å². The van der Waals surface area contributed by atoms with Gasteiger partial charge in [-0.2, -0.15) is 0 Å². The van der Waals surface area contributed by atoms with Gasteiger partial charge in [-0.05, 0) is 30.7 Å². The molecule has 4 heterocycles. The van der Waals surface area contributed by atoms with E-state index in [1.54, 1.807) is 6.20 Å². The molecule has 0 atom stereocenters. The fourth-order valence-corrected chi connectivity index (χ4v) is 4.63. The second kappa shape index (κ2) is 12.5. The maximum absolute atomic E-state index is 12.7. The number of piperazine rings is 1. The van der Waals surface area contributed by atoms with Crippen molar-refractivity contribution in [3.05, 3.63) is 66.4 Å². The number of piperidine rings is 1. The first-order valence-electron chi connectivity index (χ1n) is 13.4. The van der Waals surface area contributed by atoms with E-state index in [1.807, 2.05) is 42.7 Å². The molecular weight excluding hydrogens is 498 g/mol. The molecule has 0 unspecified atom stereocenters. The average Bonchev–Trinajstić information content (AvgIpc) is 3.00. The summed E-state index contributed by atoms with van der Waals surface area (Å²) in [6.07, 6.45) is 9.16. The van der Waals surface area contributed by atoms with Gasteiger partial charge in [-0.15, -0.1) is 0 Å². The lowest BCUT2D eigenvalue weighted by molar-refractivity contribution is -0.121. The molecule has 2 aliphatic heterocycles. The standard InChI is InChI=1S/C28H33N7O4/c1-2-23-14-30-24(15-29-23)33-10-8-22(9-11-33)19-38-26-17-31-25(16-32-26)35-13-12-34(18-27(35)36)28(37)39-20-21-6-4-3-5-7-21/h3-7,14-17,22H,2,8-13,18-20H2,1H3. The van der Waals surface area contributed by atoms with Crippen LogP contribution in [0.3, 0.4) is 0 Å². The molecule has 5 rings (SSSR count). The number of hydrogen-bond donors (Lipinski definition) is 0. The van der Waals surface area contributed by atoms with Crippen molar-refractivity contribution in [2.45, 2.75) is 32.8 Å². The number of rotatable bonds is 8. The number of aromatic nitrogens is 4. The summed E-state index contributed by atoms with van der Waals surface area (Å²) < 4.78 is 11.3. The second-order valence-corrected chi connectivity index (χ2v) is 9.68. The Hall–Kier alpha value is -4.28. The number of carbonyl (C=O) groups is 2. The number of anilines is 2. The average molecular weight is 532 g/mol. The van der Waals surface area contributed by atoms with Gasteiger partial charge in [0.2, 0.25) is 11.8 Å². The molecule has 0 spiro atoms. The van der Waals surface area contributed by atoms with Crippen LogP contribution in [-0.2, 0) is 22.6 Å². The molecule has 2 aliphatic rings. The predicted molar refractivity (Wildman–Crippen MR) is 144 cm³/mol. The zero-order valence-corrected chi connectivity index (χ0v) is 22.1. The zero-order chi connectivity index (χ0) is 27.0. The van der Waals surface area contributed by atoms with Crippen molar-refractivity contribution in [2.24, 2.45) is 5.92 Å². The van der Waals surface area contributed by atoms with Gasteiger partial charge < -0.3 is 14.4 Å². The van der Waals surface area contributed by atoms with Crippen LogP contribution in [0.5, 0.6) is 5.88 Å². The lowest BCUT2D eigenvalue weighted by Crippen LogP contribution is -2.52. The third kappa shape index (κ3) is 6.78. The van der Waals surface area contributed by atoms with Gasteiger partial charge in [0, 0.05) is 26.2 Å². The minimum absolute atomic E-state index is 0.0689. The molecule has 3 aromatic rings. The Bertz CT molecular complexity index is 1230. The van der Waals surface area contributed by atoms with Crippen molar-refractivity contribution < 1.29 is 19.1 Å². The van der Waals surface area contributed by atoms with Crippen LogP contribution in [0.1, 0.15) is 31.0 Å². The fourth-order valence-electron chi connectivity index (χ4n) is 4.63. The van der Waals surface area contributed by atoms with Crippen LogP contribution in [-0.4, -0.2) is 76.2 Å². The Kier molecular flexibility index (Phi) is 8.45. The zero-order valence-electron chi connectivity index (χ0n) is 22.1. The summed E-state index contributed by atoms with van der Waals surface area (Å²) >= 11 is 0. The topological polar surface area (TPSA) is 114 Å². The summed E-state index contributed by atoms with van der Waals surface area (Å²) in [5.74, 6) is 1.97. The Morgan fingerprint density at radius 1 is 0.923 bits per heavy atom. The first-order chi connectivity index (χ1) is 19.1. The molecule has 0 radical (unpaired) electrons. The molecule has 1 aromatic carbocycles. The van der Waals surface area contributed by atoms with Crippen LogP contribution in [0, 0.1) is 5.92 Å². The van der Waals surface area contributed by atoms with Crippen LogP contribution >= 0.6 is 0 Å². The molecule has 11 nitrogen and oxygen atoms in total. The molecule has 2 saturated heterocycles. The molecule has 0 saturated carbocycles. The van der Waals surface area contributed by atoms with Gasteiger partial charge in [0.25, 0.3) is 0 Å². The summed E-state index contributed by atoms with van der Waals surface area (Å²) in [4.78, 5) is 48.1. The molecule has 2 fully saturated rings. The lowest BCUT2D eigenvalue weighted by atomic mass is 9.98. The lowest BCUT2D eigenvalue weighted by Gasteiger charge is -2.33. The maximum Gasteiger partial charge on any atom is 0.410 e. The molecule has 2 amide bonds. The van der Waals surface area contributed by atoms with Gasteiger partial charge in [-0.25, -0.2) is 19.7 Å². The number of carbonyl (C=O) groups excluding carboxylic acids is 2. The number of benzene rings is 1. The van der Waals surface area contributed by atoms with Crippen molar-refractivity contribution in [1.29, 1.82) is 0 Å². The fraction of sp³-hybridized carbons (Fsp3) is 0.429. The molecule has 39 heavy (non-hydrogen) atoms. The number of amides is 2. The number of hydrogen-bond acceptors (Lipinski definition) is 9. The minimum Gasteiger partial charge on any atom is -0.476 e. The SMILES string of the molecule is CCc1cnc(N2CCC(COc3cnc(N4CCN(C(=O)OCc5ccccc5)CC4=O)cn3)CC2)cn1. The predicted octanol–water partition coefficient (Wildman–Crippen LogP) is 3.11. The van der Waals surface area contributed by atoms with E-state index in [0.717, 1.165) is 49.4 Å². The third-order valence-electron chi connectivity index (χ3n) is 7.03. The summed E-state index contributed by atoms with van der Waals surface area (Å²) in [7, 11) is 0. The Morgan fingerprint density at radius 3 is 2.36 bits per heavy atom. The number of aryl methyl sites for hydroxylation is 1. The summed E-state index contributed by atoms with van der Waals surface area (Å²) in [6.45, 7) is 5.22. The van der Waals surface area contributed by atoms with Gasteiger partial charge in [-0.3, -0.25) is 19.6 Å². The van der Waals surface area contributed by atoms with Gasteiger partial charge >= 0.3 is 6.09 Å². The van der Waals surface area contributed by atoms with Crippen molar-refractivity contribution in [3.63, 3.8) is 0 Å². The third-order valence-corrected chi connectivity index (χ3v) is 7.03. The minimum atomic E-state index is -0.505. The highest BCUT2D eigenvalue weighted by Crippen LogP contribution is 2.23. The maximum atomic E-state index is 12.7. The molecular formula is C28H33N7O4. The summed E-state index contributed by atoms with van der Waals surface area (Å²) in [5.41, 5.74) is 1.89. The molecule has 0 N–H and O–H groups in total. The summed E-state index contributed by atoms with van der Waals surface area (Å²) in [5, 5.41) is 0. The van der Waals surface area contributed by atoms with E-state index in [1.165, 1.54) is 16.0 Å². The van der Waals surface area contributed by atoms with E-state index in [0.29, 0.717) is 37.3 Å². The van der Waals surface area contributed by atoms with E-state index in [4.69, 9.17) is 9.47 Å². The van der Waals surface area contributed by atoms with Crippen molar-refractivity contribution >= 4 is 23.6 Å². The Balaban J connectivity index is 1.05. The normalized spacial score (nSPS) is 16.3. The van der Waals surface area contributed by atoms with Crippen molar-refractivity contribution in [3.8, 4) is 5.88 Å². The second-order valence-electron chi connectivity index (χ2n) is 9.68. The van der Waals surface area contributed by atoms with E-state index >= 15 is 0 Å². The van der Waals surface area contributed by atoms with Crippen LogP contribution < -0.4 is 14.5 Å². The molecule has 2 aromatic heterocycles. The smallest absolute Gasteiger partial charge is 0.410 e. The number of ether oxygens (including phenoxy) is 2. The van der Waals surface area contributed by atoms with E-state index in [2.05, 4.69) is 31.8 Å². The first kappa shape index (κ1) is 26.3. The first-order valence-corrected chi connectivity index (χ1v) is 13.4. The van der Waals surface area contributed by atoms with Crippen molar-refractivity contribution in [1.82, 2.24) is 24.8 Å². The molecule has 0 bridgehead atoms. The highest BCUT2D eigenvalue weighted by atomic mass is 16.6. The Labute approximate surface area is 227 Å². The number of nitrogens with zero attached hydrogens (tertiary/aromatic N) is 7. The highest BCUT2D eigenvalue weighted by molar-refractivity contribution is 5.96.